The largest absolute Gasteiger partial charge is 0.246 e. The normalized spacial score (nSPS) is 17.5. The molecular weight excluding hydrogens is 358 g/mol. The van der Waals surface area contributed by atoms with Crippen LogP contribution in [0, 0.1) is 0 Å². The maximum Gasteiger partial charge on any atom is 0.241 e. The number of allylic oxidation sites excluding steroid dienone is 2. The summed E-state index contributed by atoms with van der Waals surface area (Å²) in [5.74, 6) is 3.31. The molecule has 5 nitrogen and oxygen atoms in total. The molecule has 0 unspecified atom stereocenters. The van der Waals surface area contributed by atoms with Crippen molar-refractivity contribution in [1.82, 2.24) is 4.90 Å². The molecule has 0 spiro atoms. The van der Waals surface area contributed by atoms with Gasteiger partial charge in [-0.3, -0.25) is 0 Å². The molecule has 0 amide bonds. The van der Waals surface area contributed by atoms with E-state index in [0.717, 1.165) is 22.8 Å². The summed E-state index contributed by atoms with van der Waals surface area (Å²) in [6.45, 7) is 0. The molecule has 0 N–H and O–H groups in total. The quantitative estimate of drug-likeness (QED) is 0.764. The fourth-order valence-electron chi connectivity index (χ4n) is 3.10. The van der Waals surface area contributed by atoms with Gasteiger partial charge in [0.25, 0.3) is 0 Å². The number of guanidine groups is 1. The maximum atomic E-state index is 4.64. The first-order valence-electron chi connectivity index (χ1n) is 9.35. The van der Waals surface area contributed by atoms with Crippen molar-refractivity contribution in [3.05, 3.63) is 108 Å². The van der Waals surface area contributed by atoms with Crippen LogP contribution in [0.3, 0.4) is 0 Å². The highest BCUT2D eigenvalue weighted by atomic mass is 15.4. The Bertz CT molecular complexity index is 1130. The zero-order valence-electron chi connectivity index (χ0n) is 15.6. The van der Waals surface area contributed by atoms with E-state index in [1.54, 1.807) is 0 Å². The molecule has 29 heavy (non-hydrogen) atoms. The second-order valence-electron chi connectivity index (χ2n) is 6.53. The molecule has 3 aliphatic rings. The van der Waals surface area contributed by atoms with E-state index in [9.17, 15) is 0 Å². The van der Waals surface area contributed by atoms with E-state index in [1.807, 2.05) is 108 Å². The van der Waals surface area contributed by atoms with Gasteiger partial charge < -0.3 is 0 Å². The minimum absolute atomic E-state index is 0.570. The van der Waals surface area contributed by atoms with Crippen LogP contribution in [0.4, 0.5) is 0 Å². The molecule has 138 valence electrons. The second kappa shape index (κ2) is 7.48. The number of benzene rings is 2. The van der Waals surface area contributed by atoms with Crippen LogP contribution in [0.15, 0.2) is 117 Å². The van der Waals surface area contributed by atoms with Gasteiger partial charge in [-0.1, -0.05) is 78.9 Å². The fourth-order valence-corrected chi connectivity index (χ4v) is 3.10. The molecule has 0 aliphatic carbocycles. The predicted octanol–water partition coefficient (Wildman–Crippen LogP) is 4.71. The van der Waals surface area contributed by atoms with Crippen LogP contribution < -0.4 is 0 Å². The smallest absolute Gasteiger partial charge is 0.241 e. The van der Waals surface area contributed by atoms with E-state index in [1.165, 1.54) is 0 Å². The van der Waals surface area contributed by atoms with Crippen molar-refractivity contribution in [1.29, 1.82) is 0 Å². The average molecular weight is 375 g/mol. The van der Waals surface area contributed by atoms with Crippen molar-refractivity contribution < 1.29 is 0 Å². The topological polar surface area (TPSA) is 52.7 Å². The summed E-state index contributed by atoms with van der Waals surface area (Å²) in [6.07, 6.45) is 13.6. The third kappa shape index (κ3) is 3.66. The number of hydrogen-bond acceptors (Lipinski definition) is 5. The number of hydrogen-bond donors (Lipinski definition) is 0. The first-order chi connectivity index (χ1) is 14.3. The summed E-state index contributed by atoms with van der Waals surface area (Å²) in [4.78, 5) is 20.4. The van der Waals surface area contributed by atoms with Crippen LogP contribution in [0.5, 0.6) is 0 Å². The van der Waals surface area contributed by atoms with Crippen LogP contribution in [-0.2, 0) is 0 Å². The Morgan fingerprint density at radius 3 is 1.90 bits per heavy atom. The van der Waals surface area contributed by atoms with Gasteiger partial charge in [0.2, 0.25) is 5.96 Å². The zero-order chi connectivity index (χ0) is 19.5. The molecule has 0 radical (unpaired) electrons. The Hall–Kier alpha value is -4.12. The molecule has 3 aliphatic heterocycles. The number of amidine groups is 3. The summed E-state index contributed by atoms with van der Waals surface area (Å²) < 4.78 is 0. The van der Waals surface area contributed by atoms with Crippen LogP contribution in [0.25, 0.3) is 12.2 Å². The van der Waals surface area contributed by atoms with Crippen LogP contribution >= 0.6 is 0 Å². The summed E-state index contributed by atoms with van der Waals surface area (Å²) in [5, 5.41) is 0. The molecule has 5 heteroatoms. The Kier molecular flexibility index (Phi) is 4.39. The summed E-state index contributed by atoms with van der Waals surface area (Å²) >= 11 is 0. The molecule has 5 rings (SSSR count). The summed E-state index contributed by atoms with van der Waals surface area (Å²) in [5.41, 5.74) is 2.19. The van der Waals surface area contributed by atoms with Crippen molar-refractivity contribution in [3.63, 3.8) is 0 Å². The third-order valence-corrected chi connectivity index (χ3v) is 4.48. The molecule has 0 bridgehead atoms. The lowest BCUT2D eigenvalue weighted by Crippen LogP contribution is -2.41. The molecule has 2 aromatic rings. The highest BCUT2D eigenvalue weighted by Crippen LogP contribution is 2.23. The van der Waals surface area contributed by atoms with Gasteiger partial charge in [0, 0.05) is 0 Å². The molecule has 0 aromatic heterocycles. The fraction of sp³-hybridized carbons (Fsp3) is 0. The minimum atomic E-state index is 0.570. The average Bonchev–Trinajstić information content (AvgIpc) is 2.78. The van der Waals surface area contributed by atoms with Gasteiger partial charge in [-0.05, 0) is 35.4 Å². The van der Waals surface area contributed by atoms with E-state index < -0.39 is 0 Å². The molecule has 0 saturated heterocycles. The zero-order valence-corrected chi connectivity index (χ0v) is 15.6. The molecule has 0 fully saturated rings. The molecule has 3 heterocycles. The highest BCUT2D eigenvalue weighted by molar-refractivity contribution is 6.24. The van der Waals surface area contributed by atoms with E-state index in [-0.39, 0.29) is 0 Å². The molecular formula is C24H17N5. The van der Waals surface area contributed by atoms with Crippen LogP contribution in [-0.4, -0.2) is 28.4 Å². The third-order valence-electron chi connectivity index (χ3n) is 4.48. The second-order valence-corrected chi connectivity index (χ2v) is 6.53. The van der Waals surface area contributed by atoms with Gasteiger partial charge in [-0.2, -0.15) is 9.98 Å². The van der Waals surface area contributed by atoms with Gasteiger partial charge in [0.1, 0.15) is 11.7 Å². The van der Waals surface area contributed by atoms with Gasteiger partial charge in [0.05, 0.1) is 0 Å². The SMILES string of the molecule is C1=CC2=NC(/C=C/c3ccccc3)=NC3=NC(/C=C/c4ccccc4)=NC(=C1)N23. The highest BCUT2D eigenvalue weighted by Gasteiger charge is 2.29. The Morgan fingerprint density at radius 2 is 1.24 bits per heavy atom. The lowest BCUT2D eigenvalue weighted by molar-refractivity contribution is 0.712. The summed E-state index contributed by atoms with van der Waals surface area (Å²) in [7, 11) is 0. The first-order valence-corrected chi connectivity index (χ1v) is 9.35. The van der Waals surface area contributed by atoms with Gasteiger partial charge in [-0.15, -0.1) is 0 Å². The van der Waals surface area contributed by atoms with Crippen molar-refractivity contribution in [2.75, 3.05) is 0 Å². The van der Waals surface area contributed by atoms with Crippen LogP contribution in [0.1, 0.15) is 11.1 Å². The predicted molar refractivity (Wildman–Crippen MR) is 120 cm³/mol. The Labute approximate surface area is 168 Å². The first kappa shape index (κ1) is 17.0. The number of aliphatic imine (C=N–C) groups is 4. The Balaban J connectivity index is 1.47. The monoisotopic (exact) mass is 375 g/mol. The van der Waals surface area contributed by atoms with E-state index in [0.29, 0.717) is 17.6 Å². The lowest BCUT2D eigenvalue weighted by atomic mass is 10.2. The summed E-state index contributed by atoms with van der Waals surface area (Å²) in [6, 6.07) is 20.2. The molecule has 0 atom stereocenters. The van der Waals surface area contributed by atoms with Crippen LogP contribution in [0.2, 0.25) is 0 Å². The number of nitrogens with zero attached hydrogens (tertiary/aromatic N) is 5. The van der Waals surface area contributed by atoms with E-state index in [2.05, 4.69) is 20.0 Å². The molecule has 2 aromatic carbocycles. The van der Waals surface area contributed by atoms with E-state index in [4.69, 9.17) is 0 Å². The van der Waals surface area contributed by atoms with Crippen molar-refractivity contribution >= 4 is 35.6 Å². The number of rotatable bonds is 4. The maximum absolute atomic E-state index is 4.64. The van der Waals surface area contributed by atoms with Gasteiger partial charge >= 0.3 is 0 Å². The lowest BCUT2D eigenvalue weighted by Gasteiger charge is -2.30. The molecule has 0 saturated carbocycles. The van der Waals surface area contributed by atoms with Crippen molar-refractivity contribution in [2.24, 2.45) is 20.0 Å². The Morgan fingerprint density at radius 1 is 0.621 bits per heavy atom. The van der Waals surface area contributed by atoms with Crippen molar-refractivity contribution in [2.45, 2.75) is 0 Å². The van der Waals surface area contributed by atoms with Crippen molar-refractivity contribution in [3.8, 4) is 0 Å². The minimum Gasteiger partial charge on any atom is -0.246 e. The standard InChI is InChI=1S/C24H17N5/c1-3-8-18(9-4-1)14-16-20-25-22-12-7-13-23-26-21(28-24(27-20)29(22)23)17-15-19-10-5-2-6-11-19/h1-17H/b16-14+,17-15+. The van der Waals surface area contributed by atoms with Gasteiger partial charge in [0.15, 0.2) is 11.7 Å². The van der Waals surface area contributed by atoms with Gasteiger partial charge in [-0.25, -0.2) is 14.9 Å². The van der Waals surface area contributed by atoms with E-state index >= 15 is 0 Å².